The molecule has 2 unspecified atom stereocenters. The Labute approximate surface area is 90.3 Å². The van der Waals surface area contributed by atoms with Crippen LogP contribution in [0.25, 0.3) is 0 Å². The average molecular weight is 213 g/mol. The highest BCUT2D eigenvalue weighted by Gasteiger charge is 2.21. The summed E-state index contributed by atoms with van der Waals surface area (Å²) in [5.74, 6) is 0. The van der Waals surface area contributed by atoms with E-state index in [2.05, 4.69) is 30.6 Å². The normalized spacial score (nSPS) is 15.4. The summed E-state index contributed by atoms with van der Waals surface area (Å²) in [4.78, 5) is 1.37. The minimum absolute atomic E-state index is 0.258. The number of hydrogen-bond donors (Lipinski definition) is 1. The van der Waals surface area contributed by atoms with E-state index in [1.54, 1.807) is 18.4 Å². The van der Waals surface area contributed by atoms with Crippen molar-refractivity contribution in [1.29, 1.82) is 0 Å². The molecule has 0 aliphatic heterocycles. The van der Waals surface area contributed by atoms with E-state index in [9.17, 15) is 0 Å². The summed E-state index contributed by atoms with van der Waals surface area (Å²) in [6.45, 7) is 4.31. The van der Waals surface area contributed by atoms with Crippen molar-refractivity contribution in [3.8, 4) is 0 Å². The first kappa shape index (κ1) is 11.7. The first-order valence-electron chi connectivity index (χ1n) is 4.98. The maximum absolute atomic E-state index is 5.47. The Balaban J connectivity index is 2.86. The van der Waals surface area contributed by atoms with E-state index < -0.39 is 0 Å². The molecule has 1 rings (SSSR count). The van der Waals surface area contributed by atoms with Crippen LogP contribution >= 0.6 is 11.3 Å². The van der Waals surface area contributed by atoms with E-state index in [-0.39, 0.29) is 6.10 Å². The van der Waals surface area contributed by atoms with E-state index >= 15 is 0 Å². The van der Waals surface area contributed by atoms with Gasteiger partial charge < -0.3 is 10.1 Å². The van der Waals surface area contributed by atoms with Crippen LogP contribution in [0, 0.1) is 6.92 Å². The smallest absolute Gasteiger partial charge is 0.0763 e. The van der Waals surface area contributed by atoms with Gasteiger partial charge in [0.25, 0.3) is 0 Å². The molecule has 0 amide bonds. The van der Waals surface area contributed by atoms with E-state index in [0.29, 0.717) is 6.04 Å². The molecule has 0 fully saturated rings. The Kier molecular flexibility index (Phi) is 4.58. The van der Waals surface area contributed by atoms with Crippen molar-refractivity contribution in [3.63, 3.8) is 0 Å². The average Bonchev–Trinajstić information content (AvgIpc) is 2.61. The van der Waals surface area contributed by atoms with Gasteiger partial charge in [-0.25, -0.2) is 0 Å². The fraction of sp³-hybridized carbons (Fsp3) is 0.636. The molecule has 0 saturated heterocycles. The summed E-state index contributed by atoms with van der Waals surface area (Å²) < 4.78 is 5.47. The summed E-state index contributed by atoms with van der Waals surface area (Å²) in [6.07, 6.45) is 1.28. The van der Waals surface area contributed by atoms with Crippen LogP contribution in [0.5, 0.6) is 0 Å². The second kappa shape index (κ2) is 5.49. The van der Waals surface area contributed by atoms with Gasteiger partial charge in [0, 0.05) is 12.0 Å². The topological polar surface area (TPSA) is 21.3 Å². The van der Waals surface area contributed by atoms with Crippen LogP contribution in [-0.4, -0.2) is 20.3 Å². The SMILES string of the molecule is CCC(OC)C(NC)c1ccsc1C. The second-order valence-electron chi connectivity index (χ2n) is 3.38. The zero-order valence-electron chi connectivity index (χ0n) is 9.33. The molecule has 0 aliphatic carbocycles. The molecule has 1 aromatic rings. The van der Waals surface area contributed by atoms with Crippen molar-refractivity contribution in [2.75, 3.05) is 14.2 Å². The summed E-state index contributed by atoms with van der Waals surface area (Å²) >= 11 is 1.79. The maximum atomic E-state index is 5.47. The summed E-state index contributed by atoms with van der Waals surface area (Å²) in [5, 5.41) is 5.47. The van der Waals surface area contributed by atoms with Crippen LogP contribution in [0.1, 0.15) is 29.8 Å². The van der Waals surface area contributed by atoms with Gasteiger partial charge in [-0.1, -0.05) is 6.92 Å². The Morgan fingerprint density at radius 2 is 2.29 bits per heavy atom. The van der Waals surface area contributed by atoms with Gasteiger partial charge in [0.2, 0.25) is 0 Å². The second-order valence-corrected chi connectivity index (χ2v) is 4.50. The van der Waals surface area contributed by atoms with Crippen LogP contribution in [0.3, 0.4) is 0 Å². The van der Waals surface area contributed by atoms with E-state index in [1.807, 2.05) is 7.05 Å². The minimum Gasteiger partial charge on any atom is -0.379 e. The van der Waals surface area contributed by atoms with Gasteiger partial charge in [0.05, 0.1) is 12.1 Å². The zero-order chi connectivity index (χ0) is 10.6. The van der Waals surface area contributed by atoms with Crippen LogP contribution < -0.4 is 5.32 Å². The van der Waals surface area contributed by atoms with Gasteiger partial charge in [-0.05, 0) is 37.4 Å². The lowest BCUT2D eigenvalue weighted by atomic mass is 10.0. The predicted molar refractivity (Wildman–Crippen MR) is 61.9 cm³/mol. The Bertz CT molecular complexity index is 268. The minimum atomic E-state index is 0.258. The molecule has 0 radical (unpaired) electrons. The number of thiophene rings is 1. The third-order valence-corrected chi connectivity index (χ3v) is 3.48. The van der Waals surface area contributed by atoms with E-state index in [1.165, 1.54) is 10.4 Å². The number of nitrogens with one attached hydrogen (secondary N) is 1. The van der Waals surface area contributed by atoms with Gasteiger partial charge in [0.1, 0.15) is 0 Å². The monoisotopic (exact) mass is 213 g/mol. The summed E-state index contributed by atoms with van der Waals surface area (Å²) in [7, 11) is 3.77. The first-order chi connectivity index (χ1) is 6.74. The van der Waals surface area contributed by atoms with Crippen molar-refractivity contribution in [2.45, 2.75) is 32.4 Å². The number of ether oxygens (including phenoxy) is 1. The van der Waals surface area contributed by atoms with Gasteiger partial charge in [-0.3, -0.25) is 0 Å². The lowest BCUT2D eigenvalue weighted by Gasteiger charge is -2.24. The van der Waals surface area contributed by atoms with Crippen molar-refractivity contribution in [1.82, 2.24) is 5.32 Å². The fourth-order valence-electron chi connectivity index (χ4n) is 1.80. The van der Waals surface area contributed by atoms with E-state index in [0.717, 1.165) is 6.42 Å². The van der Waals surface area contributed by atoms with Gasteiger partial charge in [-0.15, -0.1) is 11.3 Å². The fourth-order valence-corrected chi connectivity index (χ4v) is 2.55. The highest BCUT2D eigenvalue weighted by molar-refractivity contribution is 7.10. The Morgan fingerprint density at radius 1 is 1.57 bits per heavy atom. The molecule has 1 aromatic heterocycles. The molecule has 1 heterocycles. The van der Waals surface area contributed by atoms with Crippen molar-refractivity contribution < 1.29 is 4.74 Å². The van der Waals surface area contributed by atoms with E-state index in [4.69, 9.17) is 4.74 Å². The molecule has 14 heavy (non-hydrogen) atoms. The molecule has 0 spiro atoms. The van der Waals surface area contributed by atoms with Crippen molar-refractivity contribution in [2.24, 2.45) is 0 Å². The molecule has 1 N–H and O–H groups in total. The maximum Gasteiger partial charge on any atom is 0.0763 e. The lowest BCUT2D eigenvalue weighted by molar-refractivity contribution is 0.0675. The van der Waals surface area contributed by atoms with Crippen LogP contribution in [0.2, 0.25) is 0 Å². The Hall–Kier alpha value is -0.380. The van der Waals surface area contributed by atoms with Gasteiger partial charge in [-0.2, -0.15) is 0 Å². The molecule has 0 aromatic carbocycles. The number of hydrogen-bond acceptors (Lipinski definition) is 3. The molecule has 3 heteroatoms. The van der Waals surface area contributed by atoms with Crippen molar-refractivity contribution >= 4 is 11.3 Å². The Morgan fingerprint density at radius 3 is 2.64 bits per heavy atom. The third-order valence-electron chi connectivity index (χ3n) is 2.62. The highest BCUT2D eigenvalue weighted by Crippen LogP contribution is 2.27. The predicted octanol–water partition coefficient (Wildman–Crippen LogP) is 2.74. The highest BCUT2D eigenvalue weighted by atomic mass is 32.1. The number of rotatable bonds is 5. The number of likely N-dealkylation sites (N-methyl/N-ethyl adjacent to an activating group) is 1. The molecule has 80 valence electrons. The quantitative estimate of drug-likeness (QED) is 0.812. The number of methoxy groups -OCH3 is 1. The lowest BCUT2D eigenvalue weighted by Crippen LogP contribution is -2.30. The molecule has 0 saturated carbocycles. The molecule has 2 atom stereocenters. The largest absolute Gasteiger partial charge is 0.379 e. The van der Waals surface area contributed by atoms with Gasteiger partial charge in [0.15, 0.2) is 0 Å². The summed E-state index contributed by atoms with van der Waals surface area (Å²) in [6, 6.07) is 2.50. The third kappa shape index (κ3) is 2.35. The molecular formula is C11H19NOS. The standard InChI is InChI=1S/C11H19NOS/c1-5-10(13-4)11(12-3)9-6-7-14-8(9)2/h6-7,10-12H,5H2,1-4H3. The van der Waals surface area contributed by atoms with Crippen LogP contribution in [0.4, 0.5) is 0 Å². The van der Waals surface area contributed by atoms with Crippen LogP contribution in [-0.2, 0) is 4.74 Å². The molecule has 0 bridgehead atoms. The van der Waals surface area contributed by atoms with Gasteiger partial charge >= 0.3 is 0 Å². The zero-order valence-corrected chi connectivity index (χ0v) is 10.1. The van der Waals surface area contributed by atoms with Crippen molar-refractivity contribution in [3.05, 3.63) is 21.9 Å². The molecule has 2 nitrogen and oxygen atoms in total. The van der Waals surface area contributed by atoms with Crippen LogP contribution in [0.15, 0.2) is 11.4 Å². The molecule has 0 aliphatic rings. The molecular weight excluding hydrogens is 194 g/mol. The first-order valence-corrected chi connectivity index (χ1v) is 5.86. The summed E-state index contributed by atoms with van der Waals surface area (Å²) in [5.41, 5.74) is 1.37. The number of aryl methyl sites for hydroxylation is 1.